The Kier molecular flexibility index (Phi) is 6.04. The SMILES string of the molecule is COC(=O)[C@H](C)Sc1ccccc1C(=O)NCC(=O)NC1CC1. The minimum absolute atomic E-state index is 0.0547. The first kappa shape index (κ1) is 17.3. The van der Waals surface area contributed by atoms with Gasteiger partial charge in [-0.2, -0.15) is 0 Å². The number of esters is 1. The normalized spacial score (nSPS) is 14.7. The largest absolute Gasteiger partial charge is 0.468 e. The lowest BCUT2D eigenvalue weighted by molar-refractivity contribution is -0.139. The predicted octanol–water partition coefficient (Wildman–Crippen LogP) is 1.35. The van der Waals surface area contributed by atoms with Gasteiger partial charge in [-0.15, -0.1) is 11.8 Å². The number of methoxy groups -OCH3 is 1. The number of ether oxygens (including phenoxy) is 1. The topological polar surface area (TPSA) is 84.5 Å². The molecule has 1 aliphatic carbocycles. The van der Waals surface area contributed by atoms with E-state index in [1.54, 1.807) is 31.2 Å². The zero-order valence-electron chi connectivity index (χ0n) is 13.1. The molecule has 2 rings (SSSR count). The van der Waals surface area contributed by atoms with Crippen LogP contribution in [0.5, 0.6) is 0 Å². The van der Waals surface area contributed by atoms with E-state index in [-0.39, 0.29) is 30.4 Å². The third-order valence-electron chi connectivity index (χ3n) is 3.32. The fourth-order valence-electron chi connectivity index (χ4n) is 1.92. The smallest absolute Gasteiger partial charge is 0.318 e. The molecule has 7 heteroatoms. The van der Waals surface area contributed by atoms with Crippen molar-refractivity contribution in [2.45, 2.75) is 36.0 Å². The molecule has 0 heterocycles. The standard InChI is InChI=1S/C16H20N2O4S/c1-10(16(21)22-2)23-13-6-4-3-5-12(13)15(20)17-9-14(19)18-11-7-8-11/h3-6,10-11H,7-9H2,1-2H3,(H,17,20)(H,18,19)/t10-/m0/s1. The summed E-state index contributed by atoms with van der Waals surface area (Å²) in [7, 11) is 1.33. The monoisotopic (exact) mass is 336 g/mol. The van der Waals surface area contributed by atoms with E-state index in [1.165, 1.54) is 18.9 Å². The molecule has 23 heavy (non-hydrogen) atoms. The Morgan fingerprint density at radius 1 is 1.30 bits per heavy atom. The van der Waals surface area contributed by atoms with Crippen molar-refractivity contribution in [2.75, 3.05) is 13.7 Å². The lowest BCUT2D eigenvalue weighted by Crippen LogP contribution is -2.38. The first-order valence-corrected chi connectivity index (χ1v) is 8.30. The summed E-state index contributed by atoms with van der Waals surface area (Å²) in [5, 5.41) is 4.99. The van der Waals surface area contributed by atoms with Gasteiger partial charge in [-0.1, -0.05) is 12.1 Å². The number of rotatable bonds is 7. The Hall–Kier alpha value is -2.02. The molecule has 0 spiro atoms. The van der Waals surface area contributed by atoms with Crippen LogP contribution in [0.25, 0.3) is 0 Å². The number of amides is 2. The summed E-state index contributed by atoms with van der Waals surface area (Å²) in [4.78, 5) is 36.1. The molecule has 0 saturated heterocycles. The number of hydrogen-bond acceptors (Lipinski definition) is 5. The molecule has 2 N–H and O–H groups in total. The van der Waals surface area contributed by atoms with Crippen molar-refractivity contribution >= 4 is 29.5 Å². The molecule has 124 valence electrons. The Labute approximate surface area is 139 Å². The summed E-state index contributed by atoms with van der Waals surface area (Å²) >= 11 is 1.25. The second-order valence-electron chi connectivity index (χ2n) is 5.30. The van der Waals surface area contributed by atoms with E-state index in [2.05, 4.69) is 10.6 Å². The van der Waals surface area contributed by atoms with E-state index in [4.69, 9.17) is 4.74 Å². The van der Waals surface area contributed by atoms with Crippen LogP contribution in [0.3, 0.4) is 0 Å². The second kappa shape index (κ2) is 8.01. The van der Waals surface area contributed by atoms with Gasteiger partial charge in [-0.05, 0) is 31.9 Å². The molecule has 2 amide bonds. The van der Waals surface area contributed by atoms with Crippen molar-refractivity contribution in [2.24, 2.45) is 0 Å². The molecule has 6 nitrogen and oxygen atoms in total. The minimum atomic E-state index is -0.424. The Balaban J connectivity index is 1.96. The van der Waals surface area contributed by atoms with Gasteiger partial charge in [0, 0.05) is 10.9 Å². The van der Waals surface area contributed by atoms with E-state index < -0.39 is 5.25 Å². The van der Waals surface area contributed by atoms with E-state index in [1.807, 2.05) is 0 Å². The maximum Gasteiger partial charge on any atom is 0.318 e. The maximum absolute atomic E-state index is 12.3. The van der Waals surface area contributed by atoms with Gasteiger partial charge in [-0.3, -0.25) is 14.4 Å². The number of benzene rings is 1. The van der Waals surface area contributed by atoms with Gasteiger partial charge in [0.2, 0.25) is 5.91 Å². The lowest BCUT2D eigenvalue weighted by Gasteiger charge is -2.13. The molecule has 0 radical (unpaired) electrons. The number of hydrogen-bond donors (Lipinski definition) is 2. The van der Waals surface area contributed by atoms with Gasteiger partial charge >= 0.3 is 5.97 Å². The van der Waals surface area contributed by atoms with E-state index in [0.717, 1.165) is 12.8 Å². The van der Waals surface area contributed by atoms with Crippen LogP contribution in [0.4, 0.5) is 0 Å². The molecule has 1 aromatic carbocycles. The van der Waals surface area contributed by atoms with Gasteiger partial charge in [0.05, 0.1) is 19.2 Å². The molecule has 1 saturated carbocycles. The molecule has 1 fully saturated rings. The number of carbonyl (C=O) groups excluding carboxylic acids is 3. The molecule has 0 aromatic heterocycles. The Morgan fingerprint density at radius 2 is 2.00 bits per heavy atom. The van der Waals surface area contributed by atoms with Gasteiger partial charge in [-0.25, -0.2) is 0 Å². The van der Waals surface area contributed by atoms with Crippen molar-refractivity contribution in [3.05, 3.63) is 29.8 Å². The fourth-order valence-corrected chi connectivity index (χ4v) is 2.94. The third kappa shape index (κ3) is 5.28. The van der Waals surface area contributed by atoms with Crippen molar-refractivity contribution < 1.29 is 19.1 Å². The molecule has 0 unspecified atom stereocenters. The van der Waals surface area contributed by atoms with Crippen LogP contribution in [0.2, 0.25) is 0 Å². The first-order valence-electron chi connectivity index (χ1n) is 7.42. The van der Waals surface area contributed by atoms with Gasteiger partial charge in [0.25, 0.3) is 5.91 Å². The van der Waals surface area contributed by atoms with E-state index in [0.29, 0.717) is 10.5 Å². The fraction of sp³-hybridized carbons (Fsp3) is 0.438. The van der Waals surface area contributed by atoms with Crippen LogP contribution in [0.15, 0.2) is 29.2 Å². The summed E-state index contributed by atoms with van der Waals surface area (Å²) in [6.45, 7) is 1.66. The summed E-state index contributed by atoms with van der Waals surface area (Å²) in [6.07, 6.45) is 2.01. The molecule has 1 aromatic rings. The lowest BCUT2D eigenvalue weighted by atomic mass is 10.2. The van der Waals surface area contributed by atoms with Crippen molar-refractivity contribution in [1.82, 2.24) is 10.6 Å². The molecular formula is C16H20N2O4S. The highest BCUT2D eigenvalue weighted by Gasteiger charge is 2.23. The predicted molar refractivity (Wildman–Crippen MR) is 87.3 cm³/mol. The Bertz CT molecular complexity index is 601. The van der Waals surface area contributed by atoms with E-state index in [9.17, 15) is 14.4 Å². The van der Waals surface area contributed by atoms with Crippen LogP contribution >= 0.6 is 11.8 Å². The van der Waals surface area contributed by atoms with Crippen LogP contribution in [-0.2, 0) is 14.3 Å². The average Bonchev–Trinajstić information content (AvgIpc) is 3.36. The number of carbonyl (C=O) groups is 3. The molecule has 1 atom stereocenters. The highest BCUT2D eigenvalue weighted by atomic mass is 32.2. The first-order chi connectivity index (χ1) is 11.0. The van der Waals surface area contributed by atoms with Crippen LogP contribution in [-0.4, -0.2) is 42.7 Å². The van der Waals surface area contributed by atoms with Crippen LogP contribution < -0.4 is 10.6 Å². The molecule has 1 aliphatic rings. The third-order valence-corrected chi connectivity index (χ3v) is 4.48. The van der Waals surface area contributed by atoms with Crippen molar-refractivity contribution in [1.29, 1.82) is 0 Å². The zero-order valence-corrected chi connectivity index (χ0v) is 13.9. The number of thioether (sulfide) groups is 1. The summed E-state index contributed by atoms with van der Waals surface area (Å²) < 4.78 is 4.69. The molecular weight excluding hydrogens is 316 g/mol. The van der Waals surface area contributed by atoms with Gasteiger partial charge in [0.15, 0.2) is 0 Å². The minimum Gasteiger partial charge on any atom is -0.468 e. The maximum atomic E-state index is 12.3. The van der Waals surface area contributed by atoms with Crippen LogP contribution in [0, 0.1) is 0 Å². The summed E-state index contributed by atoms with van der Waals surface area (Å²) in [5.74, 6) is -0.876. The summed E-state index contributed by atoms with van der Waals surface area (Å²) in [5.41, 5.74) is 0.437. The van der Waals surface area contributed by atoms with Crippen molar-refractivity contribution in [3.8, 4) is 0 Å². The Morgan fingerprint density at radius 3 is 2.65 bits per heavy atom. The summed E-state index contributed by atoms with van der Waals surface area (Å²) in [6, 6.07) is 7.24. The van der Waals surface area contributed by atoms with Crippen LogP contribution in [0.1, 0.15) is 30.1 Å². The molecule has 0 bridgehead atoms. The average molecular weight is 336 g/mol. The quantitative estimate of drug-likeness (QED) is 0.580. The zero-order chi connectivity index (χ0) is 16.8. The van der Waals surface area contributed by atoms with Gasteiger partial charge in [0.1, 0.15) is 5.25 Å². The highest BCUT2D eigenvalue weighted by molar-refractivity contribution is 8.00. The van der Waals surface area contributed by atoms with Crippen molar-refractivity contribution in [3.63, 3.8) is 0 Å². The second-order valence-corrected chi connectivity index (χ2v) is 6.69. The highest BCUT2D eigenvalue weighted by Crippen LogP contribution is 2.27. The van der Waals surface area contributed by atoms with Gasteiger partial charge < -0.3 is 15.4 Å². The molecule has 0 aliphatic heterocycles. The van der Waals surface area contributed by atoms with E-state index >= 15 is 0 Å². The number of nitrogens with one attached hydrogen (secondary N) is 2.